The molecule has 0 saturated carbocycles. The average Bonchev–Trinajstić information content (AvgIpc) is 2.47. The van der Waals surface area contributed by atoms with Crippen molar-refractivity contribution in [2.45, 2.75) is 6.18 Å². The van der Waals surface area contributed by atoms with E-state index in [0.29, 0.717) is 18.8 Å². The van der Waals surface area contributed by atoms with Gasteiger partial charge >= 0.3 is 6.18 Å². The van der Waals surface area contributed by atoms with E-state index in [9.17, 15) is 18.0 Å². The molecule has 0 radical (unpaired) electrons. The third kappa shape index (κ3) is 3.62. The average molecular weight is 333 g/mol. The number of piperazine rings is 1. The zero-order chi connectivity index (χ0) is 16.3. The molecule has 1 aromatic carbocycles. The quantitative estimate of drug-likeness (QED) is 0.624. The monoisotopic (exact) mass is 332 g/mol. The van der Waals surface area contributed by atoms with Crippen LogP contribution in [0.25, 0.3) is 0 Å². The van der Waals surface area contributed by atoms with E-state index in [1.165, 1.54) is 6.07 Å². The summed E-state index contributed by atoms with van der Waals surface area (Å²) in [4.78, 5) is 15.5. The Balaban J connectivity index is 2.20. The van der Waals surface area contributed by atoms with E-state index in [2.05, 4.69) is 11.5 Å². The second-order valence-electron chi connectivity index (χ2n) is 5.04. The van der Waals surface area contributed by atoms with Crippen LogP contribution in [0.1, 0.15) is 10.4 Å². The van der Waals surface area contributed by atoms with Crippen LogP contribution in [0.3, 0.4) is 0 Å². The van der Waals surface area contributed by atoms with Crippen molar-refractivity contribution in [2.75, 3.05) is 37.6 Å². The highest BCUT2D eigenvalue weighted by Gasteiger charge is 2.40. The maximum Gasteiger partial charge on any atom is 0.454 e. The highest BCUT2D eigenvalue weighted by Crippen LogP contribution is 2.33. The van der Waals surface area contributed by atoms with Crippen LogP contribution in [0.2, 0.25) is 5.02 Å². The van der Waals surface area contributed by atoms with Crippen molar-refractivity contribution in [3.63, 3.8) is 0 Å². The van der Waals surface area contributed by atoms with Crippen LogP contribution >= 0.6 is 11.6 Å². The Labute approximate surface area is 132 Å². The summed E-state index contributed by atoms with van der Waals surface area (Å²) < 4.78 is 37.8. The lowest BCUT2D eigenvalue weighted by molar-refractivity contribution is -0.0885. The van der Waals surface area contributed by atoms with Crippen molar-refractivity contribution < 1.29 is 18.0 Å². The van der Waals surface area contributed by atoms with Crippen molar-refractivity contribution in [2.24, 2.45) is 0 Å². The molecule has 1 aliphatic heterocycles. The summed E-state index contributed by atoms with van der Waals surface area (Å²) in [6.07, 6.45) is -3.11. The van der Waals surface area contributed by atoms with Gasteiger partial charge in [0.25, 0.3) is 5.78 Å². The number of anilines is 1. The first kappa shape index (κ1) is 16.8. The third-order valence-corrected chi connectivity index (χ3v) is 3.98. The van der Waals surface area contributed by atoms with Gasteiger partial charge in [-0.05, 0) is 12.1 Å². The molecule has 3 nitrogen and oxygen atoms in total. The lowest BCUT2D eigenvalue weighted by atomic mass is 10.1. The predicted octanol–water partition coefficient (Wildman–Crippen LogP) is 3.39. The molecule has 0 unspecified atom stereocenters. The zero-order valence-electron chi connectivity index (χ0n) is 11.9. The molecule has 2 rings (SSSR count). The van der Waals surface area contributed by atoms with Gasteiger partial charge in [-0.2, -0.15) is 13.2 Å². The fourth-order valence-corrected chi connectivity index (χ4v) is 2.78. The molecule has 1 heterocycles. The van der Waals surface area contributed by atoms with Gasteiger partial charge in [0.15, 0.2) is 0 Å². The largest absolute Gasteiger partial charge is 0.454 e. The van der Waals surface area contributed by atoms with E-state index in [4.69, 9.17) is 11.6 Å². The molecule has 0 amide bonds. The first-order valence-corrected chi connectivity index (χ1v) is 7.20. The number of hydrogen-bond acceptors (Lipinski definition) is 3. The molecule has 0 spiro atoms. The lowest BCUT2D eigenvalue weighted by Gasteiger charge is -2.36. The maximum absolute atomic E-state index is 12.6. The van der Waals surface area contributed by atoms with Crippen molar-refractivity contribution in [3.8, 4) is 0 Å². The fourth-order valence-electron chi connectivity index (χ4n) is 2.45. The van der Waals surface area contributed by atoms with E-state index < -0.39 is 17.5 Å². The van der Waals surface area contributed by atoms with Gasteiger partial charge < -0.3 is 4.90 Å². The fraction of sp³-hybridized carbons (Fsp3) is 0.400. The van der Waals surface area contributed by atoms with Crippen LogP contribution in [0.15, 0.2) is 30.9 Å². The van der Waals surface area contributed by atoms with Gasteiger partial charge in [0.2, 0.25) is 0 Å². The van der Waals surface area contributed by atoms with Gasteiger partial charge in [-0.3, -0.25) is 9.69 Å². The second-order valence-corrected chi connectivity index (χ2v) is 5.42. The molecule has 0 bridgehead atoms. The molecule has 7 heteroatoms. The van der Waals surface area contributed by atoms with Crippen molar-refractivity contribution >= 4 is 23.1 Å². The van der Waals surface area contributed by atoms with Crippen LogP contribution in [0.5, 0.6) is 0 Å². The lowest BCUT2D eigenvalue weighted by Crippen LogP contribution is -2.46. The summed E-state index contributed by atoms with van der Waals surface area (Å²) in [5.41, 5.74) is -0.0322. The van der Waals surface area contributed by atoms with Crippen LogP contribution in [0, 0.1) is 0 Å². The standard InChI is InChI=1S/C15H16ClF3N2O/c1-2-6-20-7-9-21(10-8-20)12-5-3-4-11(13(12)16)14(22)15(17,18)19/h2-5H,1,6-10H2. The first-order valence-electron chi connectivity index (χ1n) is 6.83. The molecular formula is C15H16ClF3N2O. The topological polar surface area (TPSA) is 23.6 Å². The Hall–Kier alpha value is -1.53. The highest BCUT2D eigenvalue weighted by atomic mass is 35.5. The van der Waals surface area contributed by atoms with Gasteiger partial charge in [-0.1, -0.05) is 23.7 Å². The van der Waals surface area contributed by atoms with Crippen LogP contribution in [-0.4, -0.2) is 49.6 Å². The van der Waals surface area contributed by atoms with E-state index in [1.54, 1.807) is 6.07 Å². The van der Waals surface area contributed by atoms with Crippen LogP contribution in [-0.2, 0) is 0 Å². The van der Waals surface area contributed by atoms with Gasteiger partial charge in [0.1, 0.15) is 0 Å². The molecule has 0 atom stereocenters. The molecule has 1 aliphatic rings. The summed E-state index contributed by atoms with van der Waals surface area (Å²) in [7, 11) is 0. The van der Waals surface area contributed by atoms with Crippen LogP contribution in [0.4, 0.5) is 18.9 Å². The number of benzene rings is 1. The summed E-state index contributed by atoms with van der Waals surface area (Å²) in [6, 6.07) is 4.17. The molecule has 120 valence electrons. The molecular weight excluding hydrogens is 317 g/mol. The number of hydrogen-bond donors (Lipinski definition) is 0. The van der Waals surface area contributed by atoms with E-state index >= 15 is 0 Å². The Morgan fingerprint density at radius 2 is 1.91 bits per heavy atom. The molecule has 1 aromatic rings. The highest BCUT2D eigenvalue weighted by molar-refractivity contribution is 6.36. The number of carbonyl (C=O) groups excluding carboxylic acids is 1. The minimum absolute atomic E-state index is 0.137. The Morgan fingerprint density at radius 3 is 2.45 bits per heavy atom. The normalized spacial score (nSPS) is 16.6. The number of rotatable bonds is 4. The zero-order valence-corrected chi connectivity index (χ0v) is 12.6. The number of carbonyl (C=O) groups is 1. The van der Waals surface area contributed by atoms with E-state index in [0.717, 1.165) is 25.7 Å². The summed E-state index contributed by atoms with van der Waals surface area (Å²) in [5, 5.41) is -0.137. The third-order valence-electron chi connectivity index (χ3n) is 3.58. The number of ketones is 1. The summed E-state index contributed by atoms with van der Waals surface area (Å²) in [5.74, 6) is -1.91. The van der Waals surface area contributed by atoms with Crippen molar-refractivity contribution in [1.82, 2.24) is 4.90 Å². The van der Waals surface area contributed by atoms with Gasteiger partial charge in [0.05, 0.1) is 10.7 Å². The Kier molecular flexibility index (Phi) is 5.13. The van der Waals surface area contributed by atoms with Gasteiger partial charge in [-0.15, -0.1) is 6.58 Å². The molecule has 0 aliphatic carbocycles. The van der Waals surface area contributed by atoms with Gasteiger partial charge in [-0.25, -0.2) is 0 Å². The number of Topliss-reactive ketones (excluding diaryl/α,β-unsaturated/α-hetero) is 1. The number of alkyl halides is 3. The van der Waals surface area contributed by atoms with Crippen molar-refractivity contribution in [3.05, 3.63) is 41.4 Å². The molecule has 22 heavy (non-hydrogen) atoms. The SMILES string of the molecule is C=CCN1CCN(c2cccc(C(=O)C(F)(F)F)c2Cl)CC1. The molecule has 0 aromatic heterocycles. The Morgan fingerprint density at radius 1 is 1.27 bits per heavy atom. The van der Waals surface area contributed by atoms with Gasteiger partial charge in [0, 0.05) is 38.3 Å². The van der Waals surface area contributed by atoms with E-state index in [1.807, 2.05) is 11.0 Å². The molecule has 1 saturated heterocycles. The number of halogens is 4. The number of nitrogens with zero attached hydrogens (tertiary/aromatic N) is 2. The predicted molar refractivity (Wildman–Crippen MR) is 80.7 cm³/mol. The Bertz CT molecular complexity index is 566. The maximum atomic E-state index is 12.6. The minimum atomic E-state index is -4.93. The molecule has 1 fully saturated rings. The summed E-state index contributed by atoms with van der Waals surface area (Å²) in [6.45, 7) is 7.25. The molecule has 0 N–H and O–H groups in total. The first-order chi connectivity index (χ1) is 10.3. The van der Waals surface area contributed by atoms with E-state index in [-0.39, 0.29) is 5.02 Å². The smallest absolute Gasteiger partial charge is 0.368 e. The minimum Gasteiger partial charge on any atom is -0.368 e. The second kappa shape index (κ2) is 6.71. The van der Waals surface area contributed by atoms with Crippen molar-refractivity contribution in [1.29, 1.82) is 0 Å². The van der Waals surface area contributed by atoms with Crippen LogP contribution < -0.4 is 4.90 Å². The summed E-state index contributed by atoms with van der Waals surface area (Å²) >= 11 is 6.05.